The molecule has 0 radical (unpaired) electrons. The van der Waals surface area contributed by atoms with Gasteiger partial charge in [0.2, 0.25) is 0 Å². The molecule has 0 bridgehead atoms. The first kappa shape index (κ1) is 16.8. The molecule has 0 N–H and O–H groups in total. The van der Waals surface area contributed by atoms with Crippen LogP contribution in [-0.2, 0) is 6.61 Å². The zero-order chi connectivity index (χ0) is 16.9. The number of thiazole rings is 1. The van der Waals surface area contributed by atoms with Crippen molar-refractivity contribution in [2.45, 2.75) is 26.6 Å². The second-order valence-corrected chi connectivity index (χ2v) is 6.88. The summed E-state index contributed by atoms with van der Waals surface area (Å²) in [4.78, 5) is 4.60. The molecule has 0 unspecified atom stereocenters. The molecule has 0 aliphatic rings. The first-order valence-corrected chi connectivity index (χ1v) is 8.96. The van der Waals surface area contributed by atoms with E-state index in [4.69, 9.17) is 21.1 Å². The Morgan fingerprint density at radius 3 is 2.46 bits per heavy atom. The molecule has 0 atom stereocenters. The van der Waals surface area contributed by atoms with E-state index in [1.807, 2.05) is 67.8 Å². The quantitative estimate of drug-likeness (QED) is 0.554. The highest BCUT2D eigenvalue weighted by Crippen LogP contribution is 2.29. The van der Waals surface area contributed by atoms with Gasteiger partial charge >= 0.3 is 0 Å². The van der Waals surface area contributed by atoms with E-state index in [0.717, 1.165) is 27.8 Å². The van der Waals surface area contributed by atoms with Gasteiger partial charge in [0, 0.05) is 16.0 Å². The van der Waals surface area contributed by atoms with Crippen LogP contribution in [0.5, 0.6) is 11.5 Å². The highest BCUT2D eigenvalue weighted by molar-refractivity contribution is 7.09. The SMILES string of the molecule is CC(C)Oc1ccc(OCc2nc(-c3ccccc3Cl)cs2)cc1. The number of rotatable bonds is 6. The second-order valence-electron chi connectivity index (χ2n) is 5.53. The summed E-state index contributed by atoms with van der Waals surface area (Å²) in [6.07, 6.45) is 0.162. The van der Waals surface area contributed by atoms with Gasteiger partial charge in [0.05, 0.1) is 11.8 Å². The normalized spacial score (nSPS) is 10.8. The van der Waals surface area contributed by atoms with Gasteiger partial charge in [-0.3, -0.25) is 0 Å². The van der Waals surface area contributed by atoms with Crippen molar-refractivity contribution in [2.75, 3.05) is 0 Å². The van der Waals surface area contributed by atoms with E-state index in [9.17, 15) is 0 Å². The third-order valence-electron chi connectivity index (χ3n) is 3.26. The summed E-state index contributed by atoms with van der Waals surface area (Å²) < 4.78 is 11.4. The first-order chi connectivity index (χ1) is 11.6. The van der Waals surface area contributed by atoms with Crippen LogP contribution in [0.2, 0.25) is 5.02 Å². The molecule has 3 aromatic rings. The van der Waals surface area contributed by atoms with Crippen LogP contribution in [0.3, 0.4) is 0 Å². The maximum atomic E-state index is 6.21. The Morgan fingerprint density at radius 2 is 1.75 bits per heavy atom. The number of nitrogens with zero attached hydrogens (tertiary/aromatic N) is 1. The van der Waals surface area contributed by atoms with Gasteiger partial charge in [-0.2, -0.15) is 0 Å². The molecule has 0 spiro atoms. The number of ether oxygens (including phenoxy) is 2. The molecular formula is C19H18ClNO2S. The predicted molar refractivity (Wildman–Crippen MR) is 99.1 cm³/mol. The number of benzene rings is 2. The Labute approximate surface area is 150 Å². The van der Waals surface area contributed by atoms with Crippen LogP contribution in [0.15, 0.2) is 53.9 Å². The van der Waals surface area contributed by atoms with Crippen molar-refractivity contribution in [2.24, 2.45) is 0 Å². The zero-order valence-electron chi connectivity index (χ0n) is 13.5. The van der Waals surface area contributed by atoms with Crippen LogP contribution in [0.4, 0.5) is 0 Å². The van der Waals surface area contributed by atoms with E-state index in [-0.39, 0.29) is 6.10 Å². The molecule has 0 aliphatic carbocycles. The molecule has 0 fully saturated rings. The standard InChI is InChI=1S/C19H18ClNO2S/c1-13(2)23-15-9-7-14(8-10-15)22-11-19-21-18(12-24-19)16-5-3-4-6-17(16)20/h3-10,12-13H,11H2,1-2H3. The van der Waals surface area contributed by atoms with E-state index >= 15 is 0 Å². The van der Waals surface area contributed by atoms with Crippen LogP contribution in [0, 0.1) is 0 Å². The minimum Gasteiger partial charge on any atom is -0.491 e. The maximum Gasteiger partial charge on any atom is 0.140 e. The molecule has 3 rings (SSSR count). The minimum atomic E-state index is 0.162. The molecule has 1 heterocycles. The van der Waals surface area contributed by atoms with E-state index in [1.165, 1.54) is 0 Å². The summed E-state index contributed by atoms with van der Waals surface area (Å²) in [6.45, 7) is 4.44. The number of hydrogen-bond donors (Lipinski definition) is 0. The van der Waals surface area contributed by atoms with Crippen molar-refractivity contribution in [1.29, 1.82) is 0 Å². The van der Waals surface area contributed by atoms with Crippen LogP contribution < -0.4 is 9.47 Å². The zero-order valence-corrected chi connectivity index (χ0v) is 15.1. The largest absolute Gasteiger partial charge is 0.491 e. The molecule has 0 amide bonds. The predicted octanol–water partition coefficient (Wildman–Crippen LogP) is 5.83. The smallest absolute Gasteiger partial charge is 0.140 e. The van der Waals surface area contributed by atoms with E-state index < -0.39 is 0 Å². The monoisotopic (exact) mass is 359 g/mol. The maximum absolute atomic E-state index is 6.21. The fourth-order valence-electron chi connectivity index (χ4n) is 2.20. The fourth-order valence-corrected chi connectivity index (χ4v) is 3.14. The van der Waals surface area contributed by atoms with Crippen LogP contribution in [0.25, 0.3) is 11.3 Å². The van der Waals surface area contributed by atoms with Crippen molar-refractivity contribution in [3.8, 4) is 22.8 Å². The Bertz CT molecular complexity index is 799. The van der Waals surface area contributed by atoms with Gasteiger partial charge in [0.15, 0.2) is 0 Å². The second kappa shape index (κ2) is 7.69. The summed E-state index contributed by atoms with van der Waals surface area (Å²) in [7, 11) is 0. The average Bonchev–Trinajstić information content (AvgIpc) is 3.03. The van der Waals surface area contributed by atoms with Crippen LogP contribution in [-0.4, -0.2) is 11.1 Å². The first-order valence-electron chi connectivity index (χ1n) is 7.70. The summed E-state index contributed by atoms with van der Waals surface area (Å²) in [6, 6.07) is 15.3. The lowest BCUT2D eigenvalue weighted by atomic mass is 10.2. The lowest BCUT2D eigenvalue weighted by Crippen LogP contribution is -2.05. The number of halogens is 1. The van der Waals surface area contributed by atoms with E-state index in [1.54, 1.807) is 11.3 Å². The number of hydrogen-bond acceptors (Lipinski definition) is 4. The molecule has 2 aromatic carbocycles. The van der Waals surface area contributed by atoms with E-state index in [0.29, 0.717) is 11.6 Å². The minimum absolute atomic E-state index is 0.162. The van der Waals surface area contributed by atoms with Gasteiger partial charge in [-0.25, -0.2) is 4.98 Å². The summed E-state index contributed by atoms with van der Waals surface area (Å²) >= 11 is 7.78. The Balaban J connectivity index is 1.62. The van der Waals surface area contributed by atoms with Crippen molar-refractivity contribution in [3.63, 3.8) is 0 Å². The third kappa shape index (κ3) is 4.28. The van der Waals surface area contributed by atoms with Gasteiger partial charge < -0.3 is 9.47 Å². The molecule has 1 aromatic heterocycles. The van der Waals surface area contributed by atoms with Crippen molar-refractivity contribution in [3.05, 3.63) is 63.9 Å². The Hall–Kier alpha value is -2.04. The molecule has 24 heavy (non-hydrogen) atoms. The molecule has 0 aliphatic heterocycles. The lowest BCUT2D eigenvalue weighted by Gasteiger charge is -2.10. The molecule has 5 heteroatoms. The highest BCUT2D eigenvalue weighted by Gasteiger charge is 2.08. The molecule has 3 nitrogen and oxygen atoms in total. The topological polar surface area (TPSA) is 31.4 Å². The van der Waals surface area contributed by atoms with Crippen molar-refractivity contribution < 1.29 is 9.47 Å². The van der Waals surface area contributed by atoms with Crippen molar-refractivity contribution in [1.82, 2.24) is 4.98 Å². The van der Waals surface area contributed by atoms with Gasteiger partial charge in [-0.15, -0.1) is 11.3 Å². The number of aromatic nitrogens is 1. The van der Waals surface area contributed by atoms with Gasteiger partial charge in [0.1, 0.15) is 23.1 Å². The fraction of sp³-hybridized carbons (Fsp3) is 0.211. The van der Waals surface area contributed by atoms with Crippen LogP contribution in [0.1, 0.15) is 18.9 Å². The molecule has 0 saturated heterocycles. The average molecular weight is 360 g/mol. The third-order valence-corrected chi connectivity index (χ3v) is 4.41. The molecular weight excluding hydrogens is 342 g/mol. The Morgan fingerprint density at radius 1 is 1.04 bits per heavy atom. The van der Waals surface area contributed by atoms with Crippen LogP contribution >= 0.6 is 22.9 Å². The van der Waals surface area contributed by atoms with Gasteiger partial charge in [-0.1, -0.05) is 29.8 Å². The molecule has 0 saturated carbocycles. The van der Waals surface area contributed by atoms with Crippen molar-refractivity contribution >= 4 is 22.9 Å². The summed E-state index contributed by atoms with van der Waals surface area (Å²) in [5.74, 6) is 1.63. The summed E-state index contributed by atoms with van der Waals surface area (Å²) in [5, 5.41) is 3.61. The van der Waals surface area contributed by atoms with E-state index in [2.05, 4.69) is 4.98 Å². The summed E-state index contributed by atoms with van der Waals surface area (Å²) in [5.41, 5.74) is 1.82. The van der Waals surface area contributed by atoms with Gasteiger partial charge in [0.25, 0.3) is 0 Å². The Kier molecular flexibility index (Phi) is 5.38. The highest BCUT2D eigenvalue weighted by atomic mass is 35.5. The molecule has 124 valence electrons. The van der Waals surface area contributed by atoms with Gasteiger partial charge in [-0.05, 0) is 44.2 Å². The lowest BCUT2D eigenvalue weighted by molar-refractivity contribution is 0.241.